The average molecular weight is 433 g/mol. The molecule has 0 aliphatic carbocycles. The number of fused-ring (bicyclic) bond motifs is 1. The van der Waals surface area contributed by atoms with Crippen LogP contribution in [0.1, 0.15) is 26.4 Å². The number of nitrogen functional groups attached to an aromatic ring is 1. The van der Waals surface area contributed by atoms with Crippen LogP contribution < -0.4 is 16.7 Å². The maximum absolute atomic E-state index is 12.7. The van der Waals surface area contributed by atoms with Gasteiger partial charge in [0.1, 0.15) is 9.71 Å². The second kappa shape index (κ2) is 8.26. The number of para-hydroxylation sites is 1. The van der Waals surface area contributed by atoms with Crippen LogP contribution in [0.5, 0.6) is 0 Å². The first-order valence-electron chi connectivity index (χ1n) is 8.63. The molecule has 0 aliphatic heterocycles. The van der Waals surface area contributed by atoms with Gasteiger partial charge in [0.2, 0.25) is 5.91 Å². The molecule has 3 N–H and O–H groups in total. The summed E-state index contributed by atoms with van der Waals surface area (Å²) in [6, 6.07) is 5.76. The highest BCUT2D eigenvalue weighted by atomic mass is 32.2. The number of amides is 1. The van der Waals surface area contributed by atoms with Crippen LogP contribution in [0.4, 0.5) is 5.69 Å². The number of hydrogen-bond acceptors (Lipinski definition) is 8. The Morgan fingerprint density at radius 1 is 1.28 bits per heavy atom. The number of methoxy groups -OCH3 is 1. The van der Waals surface area contributed by atoms with Crippen LogP contribution in [0, 0.1) is 20.8 Å². The van der Waals surface area contributed by atoms with E-state index < -0.39 is 11.5 Å². The zero-order valence-electron chi connectivity index (χ0n) is 16.4. The van der Waals surface area contributed by atoms with Gasteiger partial charge in [-0.2, -0.15) is 0 Å². The van der Waals surface area contributed by atoms with Crippen molar-refractivity contribution in [1.29, 1.82) is 0 Å². The molecule has 1 aromatic carbocycles. The summed E-state index contributed by atoms with van der Waals surface area (Å²) in [5.41, 5.74) is 2.70. The van der Waals surface area contributed by atoms with Crippen LogP contribution in [0.2, 0.25) is 0 Å². The maximum atomic E-state index is 12.7. The SMILES string of the molecule is COC(=O)c1sc2nc(SCC(=O)Nc3c(C)cccc3C)n(N)c(=O)c2c1C. The monoisotopic (exact) mass is 432 g/mol. The summed E-state index contributed by atoms with van der Waals surface area (Å²) >= 11 is 2.12. The molecule has 0 unspecified atom stereocenters. The number of anilines is 1. The number of thiophene rings is 1. The van der Waals surface area contributed by atoms with Crippen LogP contribution in [-0.2, 0) is 9.53 Å². The van der Waals surface area contributed by atoms with Crippen molar-refractivity contribution >= 4 is 50.9 Å². The minimum atomic E-state index is -0.532. The van der Waals surface area contributed by atoms with Gasteiger partial charge in [-0.3, -0.25) is 9.59 Å². The lowest BCUT2D eigenvalue weighted by molar-refractivity contribution is -0.113. The molecule has 0 saturated heterocycles. The number of aryl methyl sites for hydroxylation is 3. The van der Waals surface area contributed by atoms with Crippen molar-refractivity contribution in [3.8, 4) is 0 Å². The third kappa shape index (κ3) is 3.99. The number of carbonyl (C=O) groups excluding carboxylic acids is 2. The van der Waals surface area contributed by atoms with Gasteiger partial charge in [-0.1, -0.05) is 30.0 Å². The summed E-state index contributed by atoms with van der Waals surface area (Å²) in [6.07, 6.45) is 0. The molecular formula is C19H20N4O4S2. The number of esters is 1. The Bertz CT molecular complexity index is 1160. The molecule has 152 valence electrons. The first kappa shape index (κ1) is 20.9. The van der Waals surface area contributed by atoms with Crippen LogP contribution in [0.25, 0.3) is 10.2 Å². The minimum absolute atomic E-state index is 0.0249. The number of rotatable bonds is 5. The van der Waals surface area contributed by atoms with Crippen molar-refractivity contribution in [3.63, 3.8) is 0 Å². The minimum Gasteiger partial charge on any atom is -0.465 e. The second-order valence-corrected chi connectivity index (χ2v) is 8.34. The van der Waals surface area contributed by atoms with Crippen molar-refractivity contribution in [1.82, 2.24) is 9.66 Å². The molecule has 29 heavy (non-hydrogen) atoms. The van der Waals surface area contributed by atoms with Crippen molar-refractivity contribution in [2.24, 2.45) is 0 Å². The number of benzene rings is 1. The summed E-state index contributed by atoms with van der Waals surface area (Å²) in [6.45, 7) is 5.49. The molecule has 0 radical (unpaired) electrons. The number of thioether (sulfide) groups is 1. The number of ether oxygens (including phenoxy) is 1. The number of aromatic nitrogens is 2. The fourth-order valence-corrected chi connectivity index (χ4v) is 4.74. The van der Waals surface area contributed by atoms with E-state index in [4.69, 9.17) is 10.6 Å². The lowest BCUT2D eigenvalue weighted by atomic mass is 10.1. The molecule has 2 heterocycles. The van der Waals surface area contributed by atoms with Gasteiger partial charge in [0.05, 0.1) is 18.2 Å². The fraction of sp³-hybridized carbons (Fsp3) is 0.263. The normalized spacial score (nSPS) is 10.9. The molecule has 2 aromatic heterocycles. The predicted octanol–water partition coefficient (Wildman–Crippen LogP) is 2.61. The average Bonchev–Trinajstić information content (AvgIpc) is 3.02. The Morgan fingerprint density at radius 2 is 1.93 bits per heavy atom. The summed E-state index contributed by atoms with van der Waals surface area (Å²) in [5, 5.41) is 3.35. The highest BCUT2D eigenvalue weighted by Gasteiger charge is 2.22. The topological polar surface area (TPSA) is 116 Å². The first-order valence-corrected chi connectivity index (χ1v) is 10.4. The summed E-state index contributed by atoms with van der Waals surface area (Å²) in [5.74, 6) is 5.16. The van der Waals surface area contributed by atoms with Gasteiger partial charge in [-0.15, -0.1) is 11.3 Å². The molecule has 0 atom stereocenters. The van der Waals surface area contributed by atoms with Gasteiger partial charge in [-0.05, 0) is 37.5 Å². The van der Waals surface area contributed by atoms with Crippen molar-refractivity contribution in [2.45, 2.75) is 25.9 Å². The van der Waals surface area contributed by atoms with Crippen LogP contribution in [0.3, 0.4) is 0 Å². The lowest BCUT2D eigenvalue weighted by Crippen LogP contribution is -2.30. The van der Waals surface area contributed by atoms with Crippen molar-refractivity contribution in [3.05, 3.63) is 50.1 Å². The molecule has 10 heteroatoms. The van der Waals surface area contributed by atoms with E-state index >= 15 is 0 Å². The summed E-state index contributed by atoms with van der Waals surface area (Å²) in [4.78, 5) is 42.0. The molecule has 0 fully saturated rings. The zero-order valence-corrected chi connectivity index (χ0v) is 18.0. The predicted molar refractivity (Wildman–Crippen MR) is 115 cm³/mol. The third-order valence-corrected chi connectivity index (χ3v) is 6.53. The zero-order chi connectivity index (χ0) is 21.3. The van der Waals surface area contributed by atoms with Gasteiger partial charge in [0, 0.05) is 5.69 Å². The Labute approximate surface area is 175 Å². The highest BCUT2D eigenvalue weighted by molar-refractivity contribution is 7.99. The van der Waals surface area contributed by atoms with Crippen LogP contribution in [0.15, 0.2) is 28.2 Å². The van der Waals surface area contributed by atoms with Gasteiger partial charge >= 0.3 is 5.97 Å². The Morgan fingerprint density at radius 3 is 2.55 bits per heavy atom. The molecule has 1 amide bonds. The van der Waals surface area contributed by atoms with Gasteiger partial charge in [-0.25, -0.2) is 14.5 Å². The molecule has 0 saturated carbocycles. The maximum Gasteiger partial charge on any atom is 0.348 e. The van der Waals surface area contributed by atoms with E-state index in [9.17, 15) is 14.4 Å². The van der Waals surface area contributed by atoms with E-state index in [1.807, 2.05) is 32.0 Å². The molecule has 0 bridgehead atoms. The molecular weight excluding hydrogens is 412 g/mol. The van der Waals surface area contributed by atoms with Gasteiger partial charge in [0.25, 0.3) is 5.56 Å². The number of nitrogens with one attached hydrogen (secondary N) is 1. The van der Waals surface area contributed by atoms with E-state index in [1.165, 1.54) is 7.11 Å². The Balaban J connectivity index is 1.85. The Hall–Kier alpha value is -2.85. The lowest BCUT2D eigenvalue weighted by Gasteiger charge is -2.11. The standard InChI is InChI=1S/C19H20N4O4S2/c1-9-6-5-7-10(2)14(9)21-12(24)8-28-19-22-16-13(17(25)23(19)20)11(3)15(29-16)18(26)27-4/h5-7H,8,20H2,1-4H3,(H,21,24). The van der Waals surface area contributed by atoms with E-state index in [-0.39, 0.29) is 22.2 Å². The van der Waals surface area contributed by atoms with Crippen LogP contribution >= 0.6 is 23.1 Å². The van der Waals surface area contributed by atoms with Crippen LogP contribution in [-0.4, -0.2) is 34.4 Å². The molecule has 0 aliphatic rings. The molecule has 3 aromatic rings. The first-order chi connectivity index (χ1) is 13.7. The largest absolute Gasteiger partial charge is 0.465 e. The highest BCUT2D eigenvalue weighted by Crippen LogP contribution is 2.29. The fourth-order valence-electron chi connectivity index (χ4n) is 2.88. The summed E-state index contributed by atoms with van der Waals surface area (Å²) < 4.78 is 5.65. The van der Waals surface area contributed by atoms with E-state index in [0.29, 0.717) is 15.3 Å². The van der Waals surface area contributed by atoms with Gasteiger partial charge < -0.3 is 15.9 Å². The Kier molecular flexibility index (Phi) is 5.94. The smallest absolute Gasteiger partial charge is 0.348 e. The molecule has 8 nitrogen and oxygen atoms in total. The molecule has 3 rings (SSSR count). The number of hydrogen-bond donors (Lipinski definition) is 2. The van der Waals surface area contributed by atoms with E-state index in [2.05, 4.69) is 10.3 Å². The van der Waals surface area contributed by atoms with Crippen molar-refractivity contribution < 1.29 is 14.3 Å². The van der Waals surface area contributed by atoms with E-state index in [0.717, 1.165) is 44.6 Å². The number of carbonyl (C=O) groups is 2. The van der Waals surface area contributed by atoms with E-state index in [1.54, 1.807) is 6.92 Å². The third-order valence-electron chi connectivity index (χ3n) is 4.41. The number of nitrogens with zero attached hydrogens (tertiary/aromatic N) is 2. The molecule has 0 spiro atoms. The second-order valence-electron chi connectivity index (χ2n) is 6.40. The number of nitrogens with two attached hydrogens (primary N) is 1. The quantitative estimate of drug-likeness (QED) is 0.275. The van der Waals surface area contributed by atoms with Crippen molar-refractivity contribution in [2.75, 3.05) is 24.0 Å². The van der Waals surface area contributed by atoms with Gasteiger partial charge in [0.15, 0.2) is 5.16 Å². The summed E-state index contributed by atoms with van der Waals surface area (Å²) in [7, 11) is 1.27.